The molecule has 0 saturated carbocycles. The summed E-state index contributed by atoms with van der Waals surface area (Å²) in [5.74, 6) is -0.789. The van der Waals surface area contributed by atoms with Crippen LogP contribution in [0.3, 0.4) is 0 Å². The molecule has 0 aliphatic rings. The number of primary amides is 1. The highest BCUT2D eigenvalue weighted by molar-refractivity contribution is 5.74. The fourth-order valence-electron chi connectivity index (χ4n) is 1.27. The van der Waals surface area contributed by atoms with Crippen LogP contribution in [0.5, 0.6) is 11.5 Å². The van der Waals surface area contributed by atoms with Gasteiger partial charge in [-0.3, -0.25) is 4.79 Å². The van der Waals surface area contributed by atoms with Crippen molar-refractivity contribution in [3.05, 3.63) is 23.8 Å². The molecule has 0 saturated heterocycles. The van der Waals surface area contributed by atoms with Crippen molar-refractivity contribution in [3.8, 4) is 11.5 Å². The van der Waals surface area contributed by atoms with Crippen LogP contribution in [0, 0.1) is 0 Å². The zero-order valence-corrected chi connectivity index (χ0v) is 7.90. The summed E-state index contributed by atoms with van der Waals surface area (Å²) in [6.07, 6.45) is 0.226. The quantitative estimate of drug-likeness (QED) is 0.631. The number of rotatable bonds is 3. The van der Waals surface area contributed by atoms with Crippen LogP contribution in [0.1, 0.15) is 24.8 Å². The Hall–Kier alpha value is -1.71. The maximum Gasteiger partial charge on any atom is 0.218 e. The van der Waals surface area contributed by atoms with Gasteiger partial charge in [-0.25, -0.2) is 0 Å². The summed E-state index contributed by atoms with van der Waals surface area (Å²) in [6, 6.07) is 4.48. The number of hydrogen-bond donors (Lipinski definition) is 3. The van der Waals surface area contributed by atoms with E-state index in [2.05, 4.69) is 0 Å². The molecule has 4 heteroatoms. The zero-order chi connectivity index (χ0) is 10.7. The van der Waals surface area contributed by atoms with Gasteiger partial charge in [-0.15, -0.1) is 0 Å². The molecule has 0 aromatic heterocycles. The van der Waals surface area contributed by atoms with E-state index in [1.165, 1.54) is 12.1 Å². The first-order chi connectivity index (χ1) is 6.50. The number of phenols is 2. The molecule has 0 aliphatic carbocycles. The minimum Gasteiger partial charge on any atom is -0.504 e. The van der Waals surface area contributed by atoms with Crippen molar-refractivity contribution >= 4 is 5.91 Å². The van der Waals surface area contributed by atoms with Gasteiger partial charge in [0.25, 0.3) is 0 Å². The van der Waals surface area contributed by atoms with Crippen molar-refractivity contribution < 1.29 is 15.0 Å². The molecule has 0 aliphatic heterocycles. The first-order valence-corrected chi connectivity index (χ1v) is 4.31. The predicted molar refractivity (Wildman–Crippen MR) is 52.0 cm³/mol. The number of amides is 1. The lowest BCUT2D eigenvalue weighted by atomic mass is 9.97. The number of benzene rings is 1. The van der Waals surface area contributed by atoms with Gasteiger partial charge in [0.05, 0.1) is 0 Å². The topological polar surface area (TPSA) is 83.6 Å². The summed E-state index contributed by atoms with van der Waals surface area (Å²) in [5.41, 5.74) is 5.82. The second kappa shape index (κ2) is 4.00. The molecule has 1 aromatic rings. The van der Waals surface area contributed by atoms with Crippen molar-refractivity contribution in [2.24, 2.45) is 5.73 Å². The maximum atomic E-state index is 10.6. The summed E-state index contributed by atoms with van der Waals surface area (Å²) >= 11 is 0. The van der Waals surface area contributed by atoms with E-state index in [1.807, 2.05) is 6.92 Å². The Morgan fingerprint density at radius 2 is 2.07 bits per heavy atom. The number of nitrogens with two attached hydrogens (primary N) is 1. The number of phenolic OH excluding ortho intramolecular Hbond substituents is 2. The van der Waals surface area contributed by atoms with Gasteiger partial charge >= 0.3 is 0 Å². The Balaban J connectivity index is 2.85. The van der Waals surface area contributed by atoms with E-state index in [0.29, 0.717) is 0 Å². The highest BCUT2D eigenvalue weighted by Gasteiger charge is 2.10. The Morgan fingerprint density at radius 1 is 1.43 bits per heavy atom. The van der Waals surface area contributed by atoms with Gasteiger partial charge < -0.3 is 15.9 Å². The van der Waals surface area contributed by atoms with E-state index >= 15 is 0 Å². The van der Waals surface area contributed by atoms with Crippen molar-refractivity contribution in [2.45, 2.75) is 19.3 Å². The molecule has 76 valence electrons. The standard InChI is InChI=1S/C10H13NO3/c1-6(4-10(11)14)7-2-3-8(12)9(13)5-7/h2-3,5-6,12-13H,4H2,1H3,(H2,11,14). The average molecular weight is 195 g/mol. The monoisotopic (exact) mass is 195 g/mol. The molecule has 4 nitrogen and oxygen atoms in total. The van der Waals surface area contributed by atoms with Gasteiger partial charge in [-0.05, 0) is 23.6 Å². The first-order valence-electron chi connectivity index (χ1n) is 4.31. The van der Waals surface area contributed by atoms with E-state index in [4.69, 9.17) is 10.8 Å². The molecule has 1 unspecified atom stereocenters. The first kappa shape index (κ1) is 10.4. The second-order valence-corrected chi connectivity index (χ2v) is 3.32. The minimum atomic E-state index is -0.384. The van der Waals surface area contributed by atoms with E-state index in [1.54, 1.807) is 6.07 Å². The molecule has 0 heterocycles. The molecule has 4 N–H and O–H groups in total. The summed E-state index contributed by atoms with van der Waals surface area (Å²) in [5, 5.41) is 18.3. The molecule has 0 bridgehead atoms. The van der Waals surface area contributed by atoms with E-state index in [9.17, 15) is 9.90 Å². The van der Waals surface area contributed by atoms with Crippen molar-refractivity contribution in [1.29, 1.82) is 0 Å². The molecule has 0 radical (unpaired) electrons. The van der Waals surface area contributed by atoms with Gasteiger partial charge in [0.15, 0.2) is 11.5 Å². The second-order valence-electron chi connectivity index (χ2n) is 3.32. The molecular weight excluding hydrogens is 182 g/mol. The number of carbonyl (C=O) groups excluding carboxylic acids is 1. The normalized spacial score (nSPS) is 12.4. The fourth-order valence-corrected chi connectivity index (χ4v) is 1.27. The lowest BCUT2D eigenvalue weighted by Gasteiger charge is -2.10. The van der Waals surface area contributed by atoms with Gasteiger partial charge in [0.2, 0.25) is 5.91 Å². The SMILES string of the molecule is CC(CC(N)=O)c1ccc(O)c(O)c1. The van der Waals surface area contributed by atoms with Crippen LogP contribution in [0.2, 0.25) is 0 Å². The smallest absolute Gasteiger partial charge is 0.218 e. The molecular formula is C10H13NO3. The van der Waals surface area contributed by atoms with Crippen LogP contribution >= 0.6 is 0 Å². The van der Waals surface area contributed by atoms with Crippen LogP contribution in [-0.4, -0.2) is 16.1 Å². The molecule has 14 heavy (non-hydrogen) atoms. The number of carbonyl (C=O) groups is 1. The lowest BCUT2D eigenvalue weighted by molar-refractivity contribution is -0.118. The van der Waals surface area contributed by atoms with Gasteiger partial charge in [-0.1, -0.05) is 13.0 Å². The van der Waals surface area contributed by atoms with Crippen molar-refractivity contribution in [1.82, 2.24) is 0 Å². The Morgan fingerprint density at radius 3 is 2.57 bits per heavy atom. The number of aromatic hydroxyl groups is 2. The van der Waals surface area contributed by atoms with Gasteiger partial charge in [0, 0.05) is 6.42 Å². The van der Waals surface area contributed by atoms with Crippen LogP contribution < -0.4 is 5.73 Å². The Bertz CT molecular complexity index is 349. The maximum absolute atomic E-state index is 10.6. The fraction of sp³-hybridized carbons (Fsp3) is 0.300. The zero-order valence-electron chi connectivity index (χ0n) is 7.90. The molecule has 1 aromatic carbocycles. The summed E-state index contributed by atoms with van der Waals surface area (Å²) < 4.78 is 0. The van der Waals surface area contributed by atoms with Gasteiger partial charge in [-0.2, -0.15) is 0 Å². The van der Waals surface area contributed by atoms with E-state index in [0.717, 1.165) is 5.56 Å². The highest BCUT2D eigenvalue weighted by Crippen LogP contribution is 2.29. The summed E-state index contributed by atoms with van der Waals surface area (Å²) in [7, 11) is 0. The Kier molecular flexibility index (Phi) is 2.96. The molecule has 1 atom stereocenters. The lowest BCUT2D eigenvalue weighted by Crippen LogP contribution is -2.13. The van der Waals surface area contributed by atoms with Gasteiger partial charge in [0.1, 0.15) is 0 Å². The molecule has 1 rings (SSSR count). The van der Waals surface area contributed by atoms with Crippen LogP contribution in [-0.2, 0) is 4.79 Å². The number of hydrogen-bond acceptors (Lipinski definition) is 3. The highest BCUT2D eigenvalue weighted by atomic mass is 16.3. The third-order valence-electron chi connectivity index (χ3n) is 2.08. The molecule has 0 fully saturated rings. The van der Waals surface area contributed by atoms with Crippen molar-refractivity contribution in [2.75, 3.05) is 0 Å². The average Bonchev–Trinajstić information content (AvgIpc) is 2.08. The molecule has 1 amide bonds. The molecule has 0 spiro atoms. The summed E-state index contributed by atoms with van der Waals surface area (Å²) in [4.78, 5) is 10.6. The van der Waals surface area contributed by atoms with E-state index < -0.39 is 0 Å². The third kappa shape index (κ3) is 2.39. The largest absolute Gasteiger partial charge is 0.504 e. The van der Waals surface area contributed by atoms with E-state index in [-0.39, 0.29) is 29.7 Å². The van der Waals surface area contributed by atoms with Crippen LogP contribution in [0.25, 0.3) is 0 Å². The minimum absolute atomic E-state index is 0.0565. The third-order valence-corrected chi connectivity index (χ3v) is 2.08. The van der Waals surface area contributed by atoms with Crippen LogP contribution in [0.15, 0.2) is 18.2 Å². The van der Waals surface area contributed by atoms with Crippen LogP contribution in [0.4, 0.5) is 0 Å². The van der Waals surface area contributed by atoms with Crippen molar-refractivity contribution in [3.63, 3.8) is 0 Å². The predicted octanol–water partition coefficient (Wildman–Crippen LogP) is 1.08. The summed E-state index contributed by atoms with van der Waals surface area (Å²) in [6.45, 7) is 1.83. The Labute approximate surface area is 82.0 Å².